The molecule has 0 saturated carbocycles. The molecule has 0 radical (unpaired) electrons. The predicted octanol–water partition coefficient (Wildman–Crippen LogP) is 5.50. The van der Waals surface area contributed by atoms with Crippen LogP contribution in [0.1, 0.15) is 20.7 Å². The standard InChI is InChI=1S/C20H14Cl2N2O2/c21-15-8-6-14(7-9-15)19(25)23-16-10-11-18(17(22)12-16)24-20(26)13-4-2-1-3-5-13/h1-12H,(H,23,25)(H,24,26). The predicted molar refractivity (Wildman–Crippen MR) is 105 cm³/mol. The Hall–Kier alpha value is -2.82. The monoisotopic (exact) mass is 384 g/mol. The van der Waals surface area contributed by atoms with Gasteiger partial charge < -0.3 is 10.6 Å². The molecular formula is C20H14Cl2N2O2. The van der Waals surface area contributed by atoms with Gasteiger partial charge in [0.1, 0.15) is 0 Å². The number of rotatable bonds is 4. The quantitative estimate of drug-likeness (QED) is 0.623. The smallest absolute Gasteiger partial charge is 0.255 e. The molecule has 0 atom stereocenters. The van der Waals surface area contributed by atoms with Crippen LogP contribution in [0.4, 0.5) is 11.4 Å². The molecule has 0 spiro atoms. The van der Waals surface area contributed by atoms with Gasteiger partial charge in [-0.05, 0) is 54.6 Å². The topological polar surface area (TPSA) is 58.2 Å². The minimum Gasteiger partial charge on any atom is -0.322 e. The third kappa shape index (κ3) is 4.42. The summed E-state index contributed by atoms with van der Waals surface area (Å²) in [5, 5.41) is 6.38. The number of anilines is 2. The lowest BCUT2D eigenvalue weighted by Crippen LogP contribution is -2.13. The molecule has 0 aliphatic heterocycles. The van der Waals surface area contributed by atoms with Crippen molar-refractivity contribution in [2.45, 2.75) is 0 Å². The molecule has 26 heavy (non-hydrogen) atoms. The van der Waals surface area contributed by atoms with Gasteiger partial charge in [-0.15, -0.1) is 0 Å². The molecule has 3 aromatic carbocycles. The van der Waals surface area contributed by atoms with E-state index in [1.807, 2.05) is 6.07 Å². The van der Waals surface area contributed by atoms with Crippen LogP contribution in [0.5, 0.6) is 0 Å². The second kappa shape index (κ2) is 8.04. The number of halogens is 2. The van der Waals surface area contributed by atoms with Gasteiger partial charge in [-0.1, -0.05) is 41.4 Å². The van der Waals surface area contributed by atoms with Crippen LogP contribution in [0, 0.1) is 0 Å². The van der Waals surface area contributed by atoms with Crippen LogP contribution in [-0.4, -0.2) is 11.8 Å². The summed E-state index contributed by atoms with van der Waals surface area (Å²) in [5.74, 6) is -0.538. The van der Waals surface area contributed by atoms with Crippen LogP contribution in [0.2, 0.25) is 10.0 Å². The van der Waals surface area contributed by atoms with Crippen molar-refractivity contribution < 1.29 is 9.59 Å². The Morgan fingerprint density at radius 2 is 1.31 bits per heavy atom. The Bertz CT molecular complexity index is 942. The van der Waals surface area contributed by atoms with Crippen molar-refractivity contribution in [3.63, 3.8) is 0 Å². The van der Waals surface area contributed by atoms with Crippen molar-refractivity contribution in [1.29, 1.82) is 0 Å². The molecule has 130 valence electrons. The fourth-order valence-electron chi connectivity index (χ4n) is 2.28. The Kier molecular flexibility index (Phi) is 5.56. The third-order valence-corrected chi connectivity index (χ3v) is 4.18. The van der Waals surface area contributed by atoms with E-state index < -0.39 is 0 Å². The van der Waals surface area contributed by atoms with E-state index in [0.717, 1.165) is 0 Å². The number of amides is 2. The minimum atomic E-state index is -0.279. The SMILES string of the molecule is O=C(Nc1ccc(NC(=O)c2ccccc2)c(Cl)c1)c1ccc(Cl)cc1. The van der Waals surface area contributed by atoms with Gasteiger partial charge in [-0.25, -0.2) is 0 Å². The summed E-state index contributed by atoms with van der Waals surface area (Å²) in [6.07, 6.45) is 0. The fourth-order valence-corrected chi connectivity index (χ4v) is 2.64. The first-order valence-electron chi connectivity index (χ1n) is 7.76. The molecule has 3 aromatic rings. The van der Waals surface area contributed by atoms with Gasteiger partial charge in [0.25, 0.3) is 11.8 Å². The van der Waals surface area contributed by atoms with Crippen LogP contribution in [0.3, 0.4) is 0 Å². The van der Waals surface area contributed by atoms with E-state index in [4.69, 9.17) is 23.2 Å². The third-order valence-electron chi connectivity index (χ3n) is 3.62. The number of carbonyl (C=O) groups is 2. The van der Waals surface area contributed by atoms with Crippen molar-refractivity contribution in [2.75, 3.05) is 10.6 Å². The summed E-state index contributed by atoms with van der Waals surface area (Å²) < 4.78 is 0. The van der Waals surface area contributed by atoms with E-state index in [0.29, 0.717) is 32.5 Å². The summed E-state index contributed by atoms with van der Waals surface area (Å²) in [7, 11) is 0. The van der Waals surface area contributed by atoms with Crippen molar-refractivity contribution in [2.24, 2.45) is 0 Å². The molecule has 0 aliphatic carbocycles. The first-order chi connectivity index (χ1) is 12.5. The number of hydrogen-bond donors (Lipinski definition) is 2. The van der Waals surface area contributed by atoms with E-state index in [1.165, 1.54) is 0 Å². The lowest BCUT2D eigenvalue weighted by Gasteiger charge is -2.10. The van der Waals surface area contributed by atoms with Crippen LogP contribution < -0.4 is 10.6 Å². The molecule has 3 rings (SSSR count). The second-order valence-electron chi connectivity index (χ2n) is 5.48. The van der Waals surface area contributed by atoms with Crippen LogP contribution in [0.25, 0.3) is 0 Å². The van der Waals surface area contributed by atoms with Crippen molar-refractivity contribution >= 4 is 46.4 Å². The zero-order valence-corrected chi connectivity index (χ0v) is 15.0. The maximum Gasteiger partial charge on any atom is 0.255 e. The van der Waals surface area contributed by atoms with Crippen LogP contribution in [-0.2, 0) is 0 Å². The highest BCUT2D eigenvalue weighted by Crippen LogP contribution is 2.26. The number of carbonyl (C=O) groups excluding carboxylic acids is 2. The number of hydrogen-bond acceptors (Lipinski definition) is 2. The summed E-state index contributed by atoms with van der Waals surface area (Å²) in [6, 6.07) is 20.3. The first-order valence-corrected chi connectivity index (χ1v) is 8.51. The fraction of sp³-hybridized carbons (Fsp3) is 0. The lowest BCUT2D eigenvalue weighted by molar-refractivity contribution is 0.101. The molecule has 0 aromatic heterocycles. The zero-order chi connectivity index (χ0) is 18.5. The van der Waals surface area contributed by atoms with Gasteiger partial charge >= 0.3 is 0 Å². The molecule has 0 heterocycles. The lowest BCUT2D eigenvalue weighted by atomic mass is 10.2. The second-order valence-corrected chi connectivity index (χ2v) is 6.32. The summed E-state index contributed by atoms with van der Waals surface area (Å²) in [4.78, 5) is 24.4. The zero-order valence-electron chi connectivity index (χ0n) is 13.5. The highest BCUT2D eigenvalue weighted by molar-refractivity contribution is 6.34. The first kappa shape index (κ1) is 18.0. The maximum absolute atomic E-state index is 12.2. The molecule has 0 aliphatic rings. The van der Waals surface area contributed by atoms with E-state index in [-0.39, 0.29) is 11.8 Å². The Morgan fingerprint density at radius 1 is 0.692 bits per heavy atom. The van der Waals surface area contributed by atoms with E-state index in [9.17, 15) is 9.59 Å². The average Bonchev–Trinajstić information content (AvgIpc) is 2.65. The average molecular weight is 385 g/mol. The van der Waals surface area contributed by atoms with Gasteiger partial charge in [0.15, 0.2) is 0 Å². The Balaban J connectivity index is 1.70. The molecular weight excluding hydrogens is 371 g/mol. The molecule has 2 amide bonds. The maximum atomic E-state index is 12.2. The molecule has 0 fully saturated rings. The molecule has 6 heteroatoms. The molecule has 0 unspecified atom stereocenters. The Labute approximate surface area is 160 Å². The van der Waals surface area contributed by atoms with E-state index in [1.54, 1.807) is 66.7 Å². The van der Waals surface area contributed by atoms with Gasteiger partial charge in [-0.2, -0.15) is 0 Å². The summed E-state index contributed by atoms with van der Waals surface area (Å²) in [6.45, 7) is 0. The normalized spacial score (nSPS) is 10.2. The molecule has 2 N–H and O–H groups in total. The number of nitrogens with one attached hydrogen (secondary N) is 2. The largest absolute Gasteiger partial charge is 0.322 e. The number of benzene rings is 3. The van der Waals surface area contributed by atoms with Gasteiger partial charge in [0.05, 0.1) is 10.7 Å². The highest BCUT2D eigenvalue weighted by Gasteiger charge is 2.10. The van der Waals surface area contributed by atoms with E-state index >= 15 is 0 Å². The van der Waals surface area contributed by atoms with Gasteiger partial charge in [0, 0.05) is 21.8 Å². The van der Waals surface area contributed by atoms with Gasteiger partial charge in [0.2, 0.25) is 0 Å². The van der Waals surface area contributed by atoms with Crippen molar-refractivity contribution in [3.8, 4) is 0 Å². The molecule has 4 nitrogen and oxygen atoms in total. The summed E-state index contributed by atoms with van der Waals surface area (Å²) >= 11 is 12.0. The van der Waals surface area contributed by atoms with Crippen molar-refractivity contribution in [1.82, 2.24) is 0 Å². The van der Waals surface area contributed by atoms with E-state index in [2.05, 4.69) is 10.6 Å². The van der Waals surface area contributed by atoms with Crippen molar-refractivity contribution in [3.05, 3.63) is 94.0 Å². The highest BCUT2D eigenvalue weighted by atomic mass is 35.5. The Morgan fingerprint density at radius 3 is 1.96 bits per heavy atom. The molecule has 0 bridgehead atoms. The van der Waals surface area contributed by atoms with Crippen LogP contribution >= 0.6 is 23.2 Å². The van der Waals surface area contributed by atoms with Crippen LogP contribution in [0.15, 0.2) is 72.8 Å². The molecule has 0 saturated heterocycles. The summed E-state index contributed by atoms with van der Waals surface area (Å²) in [5.41, 5.74) is 1.99. The minimum absolute atomic E-state index is 0.259. The van der Waals surface area contributed by atoms with Gasteiger partial charge in [-0.3, -0.25) is 9.59 Å².